The number of ether oxygens (including phenoxy) is 2. The summed E-state index contributed by atoms with van der Waals surface area (Å²) in [4.78, 5) is 39.0. The van der Waals surface area contributed by atoms with E-state index >= 15 is 0 Å². The number of methoxy groups -OCH3 is 1. The van der Waals surface area contributed by atoms with E-state index in [0.29, 0.717) is 24.2 Å². The van der Waals surface area contributed by atoms with Crippen LogP contribution in [0.2, 0.25) is 0 Å². The van der Waals surface area contributed by atoms with Crippen molar-refractivity contribution < 1.29 is 23.9 Å². The minimum Gasteiger partial charge on any atom is -0.467 e. The van der Waals surface area contributed by atoms with Crippen LogP contribution in [-0.2, 0) is 33.8 Å². The molecule has 0 saturated carbocycles. The first-order valence-corrected chi connectivity index (χ1v) is 10.6. The van der Waals surface area contributed by atoms with E-state index in [2.05, 4.69) is 5.32 Å². The van der Waals surface area contributed by atoms with Gasteiger partial charge in [-0.15, -0.1) is 0 Å². The Kier molecular flexibility index (Phi) is 7.02. The van der Waals surface area contributed by atoms with E-state index in [4.69, 9.17) is 14.7 Å². The van der Waals surface area contributed by atoms with E-state index in [9.17, 15) is 14.4 Å². The second-order valence-electron chi connectivity index (χ2n) is 8.88. The van der Waals surface area contributed by atoms with Gasteiger partial charge in [-0.2, -0.15) is 5.26 Å². The molecule has 0 aliphatic carbocycles. The van der Waals surface area contributed by atoms with Gasteiger partial charge in [-0.1, -0.05) is 18.2 Å². The van der Waals surface area contributed by atoms with Crippen LogP contribution in [0.15, 0.2) is 42.5 Å². The number of hydrogen-bond donors (Lipinski definition) is 1. The van der Waals surface area contributed by atoms with Crippen molar-refractivity contribution >= 4 is 18.0 Å². The zero-order valence-corrected chi connectivity index (χ0v) is 19.2. The highest BCUT2D eigenvalue weighted by Gasteiger charge is 2.28. The second-order valence-corrected chi connectivity index (χ2v) is 8.88. The normalized spacial score (nSPS) is 13.5. The first-order chi connectivity index (χ1) is 15.6. The number of nitrogens with one attached hydrogen (secondary N) is 1. The smallest absolute Gasteiger partial charge is 0.408 e. The second kappa shape index (κ2) is 9.74. The van der Waals surface area contributed by atoms with Crippen LogP contribution in [0.5, 0.6) is 0 Å². The maximum atomic E-state index is 12.9. The van der Waals surface area contributed by atoms with E-state index < -0.39 is 23.7 Å². The average molecular weight is 450 g/mol. The molecule has 0 unspecified atom stereocenters. The fourth-order valence-corrected chi connectivity index (χ4v) is 3.61. The summed E-state index contributed by atoms with van der Waals surface area (Å²) in [7, 11) is 1.27. The third kappa shape index (κ3) is 6.10. The first-order valence-electron chi connectivity index (χ1n) is 10.6. The maximum Gasteiger partial charge on any atom is 0.408 e. The van der Waals surface area contributed by atoms with E-state index in [-0.39, 0.29) is 12.3 Å². The van der Waals surface area contributed by atoms with Gasteiger partial charge in [0, 0.05) is 25.1 Å². The number of carbonyl (C=O) groups is 3. The Labute approximate surface area is 193 Å². The van der Waals surface area contributed by atoms with E-state index in [0.717, 1.165) is 16.7 Å². The Hall–Kier alpha value is -3.86. The minimum atomic E-state index is -0.902. The molecule has 172 valence electrons. The summed E-state index contributed by atoms with van der Waals surface area (Å²) in [6.45, 7) is 6.14. The number of esters is 1. The van der Waals surface area contributed by atoms with Crippen molar-refractivity contribution in [1.82, 2.24) is 10.2 Å². The summed E-state index contributed by atoms with van der Waals surface area (Å²) in [6.07, 6.45) is -0.471. The highest BCUT2D eigenvalue weighted by Crippen LogP contribution is 2.26. The summed E-state index contributed by atoms with van der Waals surface area (Å²) in [5, 5.41) is 11.5. The number of benzene rings is 2. The van der Waals surface area contributed by atoms with Crippen LogP contribution in [0.25, 0.3) is 0 Å². The molecule has 0 saturated heterocycles. The molecule has 1 N–H and O–H groups in total. The van der Waals surface area contributed by atoms with E-state index in [1.54, 1.807) is 49.9 Å². The van der Waals surface area contributed by atoms with Crippen LogP contribution in [-0.4, -0.2) is 41.6 Å². The number of hydrogen-bond acceptors (Lipinski definition) is 6. The lowest BCUT2D eigenvalue weighted by Crippen LogP contribution is -2.45. The van der Waals surface area contributed by atoms with Crippen LogP contribution < -0.4 is 5.32 Å². The lowest BCUT2D eigenvalue weighted by Gasteiger charge is -2.22. The number of nitrogens with zero attached hydrogens (tertiary/aromatic N) is 2. The molecule has 0 fully saturated rings. The molecule has 1 aliphatic heterocycles. The fraction of sp³-hybridized carbons (Fsp3) is 0.360. The Morgan fingerprint density at radius 2 is 1.76 bits per heavy atom. The predicted molar refractivity (Wildman–Crippen MR) is 120 cm³/mol. The van der Waals surface area contributed by atoms with Crippen molar-refractivity contribution in [3.63, 3.8) is 0 Å². The zero-order chi connectivity index (χ0) is 24.2. The molecular formula is C25H27N3O5. The van der Waals surface area contributed by atoms with Crippen LogP contribution in [0.1, 0.15) is 53.4 Å². The predicted octanol–water partition coefficient (Wildman–Crippen LogP) is 3.32. The molecule has 0 radical (unpaired) electrons. The highest BCUT2D eigenvalue weighted by molar-refractivity contribution is 5.94. The van der Waals surface area contributed by atoms with Gasteiger partial charge in [0.1, 0.15) is 11.6 Å². The Balaban J connectivity index is 1.70. The molecule has 0 spiro atoms. The molecule has 2 aromatic rings. The molecule has 0 bridgehead atoms. The lowest BCUT2D eigenvalue weighted by atomic mass is 10.0. The average Bonchev–Trinajstić information content (AvgIpc) is 3.19. The maximum absolute atomic E-state index is 12.9. The third-order valence-electron chi connectivity index (χ3n) is 5.16. The lowest BCUT2D eigenvalue weighted by molar-refractivity contribution is -0.143. The zero-order valence-electron chi connectivity index (χ0n) is 19.2. The van der Waals surface area contributed by atoms with Gasteiger partial charge in [0.25, 0.3) is 5.91 Å². The summed E-state index contributed by atoms with van der Waals surface area (Å²) < 4.78 is 10.1. The molecular weight excluding hydrogens is 422 g/mol. The number of carbonyl (C=O) groups excluding carboxylic acids is 3. The van der Waals surface area contributed by atoms with Gasteiger partial charge in [0.2, 0.25) is 0 Å². The highest BCUT2D eigenvalue weighted by atomic mass is 16.6. The van der Waals surface area contributed by atoms with Crippen molar-refractivity contribution in [3.8, 4) is 6.07 Å². The molecule has 1 heterocycles. The molecule has 0 aromatic heterocycles. The third-order valence-corrected chi connectivity index (χ3v) is 5.16. The number of amides is 2. The monoisotopic (exact) mass is 449 g/mol. The summed E-state index contributed by atoms with van der Waals surface area (Å²) in [5.74, 6) is -0.685. The van der Waals surface area contributed by atoms with Gasteiger partial charge in [-0.25, -0.2) is 9.59 Å². The van der Waals surface area contributed by atoms with Gasteiger partial charge in [-0.3, -0.25) is 4.79 Å². The van der Waals surface area contributed by atoms with Crippen LogP contribution in [0.3, 0.4) is 0 Å². The van der Waals surface area contributed by atoms with Crippen LogP contribution in [0.4, 0.5) is 4.79 Å². The molecule has 2 aromatic carbocycles. The van der Waals surface area contributed by atoms with Crippen molar-refractivity contribution in [2.24, 2.45) is 0 Å². The standard InChI is InChI=1S/C25H27N3O5/c1-25(2,3)33-24(31)27-21(23(30)32-4)12-17-7-10-19-14-28(15-20(19)11-17)22(29)18-8-5-16(13-26)6-9-18/h5-11,21H,12,14-15H2,1-4H3,(H,27,31)/t21-/m0/s1. The number of alkyl carbamates (subject to hydrolysis) is 1. The number of nitriles is 1. The van der Waals surface area contributed by atoms with Crippen molar-refractivity contribution in [2.75, 3.05) is 7.11 Å². The topological polar surface area (TPSA) is 109 Å². The van der Waals surface area contributed by atoms with Crippen molar-refractivity contribution in [3.05, 3.63) is 70.3 Å². The summed E-state index contributed by atoms with van der Waals surface area (Å²) in [6, 6.07) is 13.4. The summed E-state index contributed by atoms with van der Waals surface area (Å²) >= 11 is 0. The Morgan fingerprint density at radius 1 is 1.09 bits per heavy atom. The Morgan fingerprint density at radius 3 is 2.36 bits per heavy atom. The largest absolute Gasteiger partial charge is 0.467 e. The molecule has 33 heavy (non-hydrogen) atoms. The summed E-state index contributed by atoms with van der Waals surface area (Å²) in [5.41, 5.74) is 3.16. The molecule has 3 rings (SSSR count). The van der Waals surface area contributed by atoms with Gasteiger partial charge in [-0.05, 0) is 61.7 Å². The quantitative estimate of drug-likeness (QED) is 0.702. The number of fused-ring (bicyclic) bond motifs is 1. The first kappa shape index (κ1) is 23.8. The molecule has 8 nitrogen and oxygen atoms in total. The van der Waals surface area contributed by atoms with Gasteiger partial charge in [0.05, 0.1) is 18.7 Å². The molecule has 1 aliphatic rings. The number of rotatable bonds is 5. The molecule has 2 amide bonds. The molecule has 8 heteroatoms. The van der Waals surface area contributed by atoms with E-state index in [1.807, 2.05) is 24.3 Å². The SMILES string of the molecule is COC(=O)[C@H](Cc1ccc2c(c1)CN(C(=O)c1ccc(C#N)cc1)C2)NC(=O)OC(C)(C)C. The van der Waals surface area contributed by atoms with Crippen LogP contribution >= 0.6 is 0 Å². The Bertz CT molecular complexity index is 1100. The fourth-order valence-electron chi connectivity index (χ4n) is 3.61. The van der Waals surface area contributed by atoms with Crippen LogP contribution in [0, 0.1) is 11.3 Å². The van der Waals surface area contributed by atoms with Gasteiger partial charge in [0.15, 0.2) is 0 Å². The van der Waals surface area contributed by atoms with Crippen molar-refractivity contribution in [2.45, 2.75) is 51.9 Å². The van der Waals surface area contributed by atoms with Crippen molar-refractivity contribution in [1.29, 1.82) is 5.26 Å². The minimum absolute atomic E-state index is 0.115. The van der Waals surface area contributed by atoms with Gasteiger partial charge >= 0.3 is 12.1 Å². The van der Waals surface area contributed by atoms with E-state index in [1.165, 1.54) is 7.11 Å². The van der Waals surface area contributed by atoms with Gasteiger partial charge < -0.3 is 19.7 Å². The molecule has 1 atom stereocenters.